The molecule has 1 unspecified atom stereocenters. The van der Waals surface area contributed by atoms with Gasteiger partial charge in [-0.2, -0.15) is 0 Å². The highest BCUT2D eigenvalue weighted by atomic mass is 16.5. The zero-order valence-electron chi connectivity index (χ0n) is 11.4. The number of aromatic nitrogens is 1. The Morgan fingerprint density at radius 2 is 2.16 bits per heavy atom. The molecule has 19 heavy (non-hydrogen) atoms. The Balaban J connectivity index is 2.36. The van der Waals surface area contributed by atoms with Gasteiger partial charge in [-0.3, -0.25) is 9.78 Å². The van der Waals surface area contributed by atoms with Crippen LogP contribution in [0.25, 0.3) is 10.9 Å². The number of hydrogen-bond acceptors (Lipinski definition) is 3. The fourth-order valence-electron chi connectivity index (χ4n) is 2.09. The van der Waals surface area contributed by atoms with Gasteiger partial charge in [-0.05, 0) is 26.0 Å². The molecule has 1 aromatic heterocycles. The third kappa shape index (κ3) is 3.09. The average Bonchev–Trinajstić information content (AvgIpc) is 2.37. The molecule has 1 aromatic carbocycles. The van der Waals surface area contributed by atoms with E-state index in [9.17, 15) is 4.79 Å². The summed E-state index contributed by atoms with van der Waals surface area (Å²) in [6.45, 7) is 4.30. The first kappa shape index (κ1) is 13.5. The van der Waals surface area contributed by atoms with Gasteiger partial charge < -0.3 is 10.1 Å². The highest BCUT2D eigenvalue weighted by Gasteiger charge is 2.13. The van der Waals surface area contributed by atoms with Crippen LogP contribution in [-0.4, -0.2) is 30.6 Å². The van der Waals surface area contributed by atoms with Crippen LogP contribution < -0.4 is 5.32 Å². The summed E-state index contributed by atoms with van der Waals surface area (Å²) in [6.07, 6.45) is 0. The minimum atomic E-state index is -0.0914. The molecule has 4 heteroatoms. The van der Waals surface area contributed by atoms with Gasteiger partial charge in [0.15, 0.2) is 0 Å². The summed E-state index contributed by atoms with van der Waals surface area (Å²) in [5.41, 5.74) is 2.33. The molecule has 0 radical (unpaired) electrons. The van der Waals surface area contributed by atoms with Crippen molar-refractivity contribution in [3.8, 4) is 0 Å². The van der Waals surface area contributed by atoms with Crippen molar-refractivity contribution in [2.45, 2.75) is 19.9 Å². The van der Waals surface area contributed by atoms with Crippen molar-refractivity contribution in [1.82, 2.24) is 10.3 Å². The number of para-hydroxylation sites is 1. The number of nitrogens with zero attached hydrogens (tertiary/aromatic N) is 1. The minimum Gasteiger partial charge on any atom is -0.383 e. The molecule has 0 aliphatic heterocycles. The van der Waals surface area contributed by atoms with Gasteiger partial charge in [0.05, 0.1) is 17.7 Å². The highest BCUT2D eigenvalue weighted by molar-refractivity contribution is 6.06. The Morgan fingerprint density at radius 1 is 1.42 bits per heavy atom. The maximum absolute atomic E-state index is 12.3. The van der Waals surface area contributed by atoms with Crippen LogP contribution in [0.3, 0.4) is 0 Å². The number of carbonyl (C=O) groups excluding carboxylic acids is 1. The summed E-state index contributed by atoms with van der Waals surface area (Å²) in [7, 11) is 1.62. The molecule has 2 rings (SSSR count). The molecule has 0 saturated heterocycles. The number of aryl methyl sites for hydroxylation is 1. The number of rotatable bonds is 4. The Hall–Kier alpha value is -1.94. The van der Waals surface area contributed by atoms with Crippen LogP contribution in [0.2, 0.25) is 0 Å². The molecule has 4 nitrogen and oxygen atoms in total. The number of fused-ring (bicyclic) bond motifs is 1. The van der Waals surface area contributed by atoms with E-state index in [4.69, 9.17) is 4.74 Å². The SMILES string of the molecule is COCC(C)NC(=O)c1cc(C)nc2ccccc12. The highest BCUT2D eigenvalue weighted by Crippen LogP contribution is 2.18. The van der Waals surface area contributed by atoms with Crippen molar-refractivity contribution >= 4 is 16.8 Å². The van der Waals surface area contributed by atoms with Crippen molar-refractivity contribution in [2.24, 2.45) is 0 Å². The van der Waals surface area contributed by atoms with Gasteiger partial charge in [-0.1, -0.05) is 18.2 Å². The third-order valence-electron chi connectivity index (χ3n) is 2.88. The number of methoxy groups -OCH3 is 1. The molecule has 1 heterocycles. The standard InChI is InChI=1S/C15H18N2O2/c1-10-8-13(15(18)17-11(2)9-19-3)12-6-4-5-7-14(12)16-10/h4-8,11H,9H2,1-3H3,(H,17,18). The second-order valence-corrected chi connectivity index (χ2v) is 4.66. The molecular formula is C15H18N2O2. The molecule has 0 aliphatic rings. The van der Waals surface area contributed by atoms with Crippen molar-refractivity contribution in [3.05, 3.63) is 41.6 Å². The third-order valence-corrected chi connectivity index (χ3v) is 2.88. The largest absolute Gasteiger partial charge is 0.383 e. The fraction of sp³-hybridized carbons (Fsp3) is 0.333. The summed E-state index contributed by atoms with van der Waals surface area (Å²) in [6, 6.07) is 9.45. The maximum Gasteiger partial charge on any atom is 0.252 e. The van der Waals surface area contributed by atoms with Gasteiger partial charge in [0.1, 0.15) is 0 Å². The Morgan fingerprint density at radius 3 is 2.89 bits per heavy atom. The molecule has 100 valence electrons. The fourth-order valence-corrected chi connectivity index (χ4v) is 2.09. The topological polar surface area (TPSA) is 51.2 Å². The Labute approximate surface area is 112 Å². The number of nitrogens with one attached hydrogen (secondary N) is 1. The summed E-state index contributed by atoms with van der Waals surface area (Å²) in [5.74, 6) is -0.0914. The van der Waals surface area contributed by atoms with E-state index in [0.717, 1.165) is 16.6 Å². The van der Waals surface area contributed by atoms with E-state index in [2.05, 4.69) is 10.3 Å². The lowest BCUT2D eigenvalue weighted by Crippen LogP contribution is -2.35. The zero-order chi connectivity index (χ0) is 13.8. The molecule has 1 amide bonds. The lowest BCUT2D eigenvalue weighted by Gasteiger charge is -2.14. The molecule has 0 bridgehead atoms. The summed E-state index contributed by atoms with van der Waals surface area (Å²) >= 11 is 0. The minimum absolute atomic E-state index is 0.0234. The van der Waals surface area contributed by atoms with Crippen molar-refractivity contribution < 1.29 is 9.53 Å². The smallest absolute Gasteiger partial charge is 0.252 e. The molecule has 1 N–H and O–H groups in total. The number of carbonyl (C=O) groups is 1. The lowest BCUT2D eigenvalue weighted by molar-refractivity contribution is 0.0907. The van der Waals surface area contributed by atoms with Crippen LogP contribution in [0.4, 0.5) is 0 Å². The van der Waals surface area contributed by atoms with E-state index >= 15 is 0 Å². The number of amides is 1. The summed E-state index contributed by atoms with van der Waals surface area (Å²) in [4.78, 5) is 16.7. The van der Waals surface area contributed by atoms with Gasteiger partial charge in [-0.15, -0.1) is 0 Å². The summed E-state index contributed by atoms with van der Waals surface area (Å²) < 4.78 is 5.02. The first-order chi connectivity index (χ1) is 9.11. The van der Waals surface area contributed by atoms with Crippen LogP contribution in [0.1, 0.15) is 23.0 Å². The van der Waals surface area contributed by atoms with Gasteiger partial charge in [0.25, 0.3) is 5.91 Å². The van der Waals surface area contributed by atoms with Gasteiger partial charge in [0.2, 0.25) is 0 Å². The van der Waals surface area contributed by atoms with E-state index in [1.807, 2.05) is 44.2 Å². The van der Waals surface area contributed by atoms with E-state index in [0.29, 0.717) is 12.2 Å². The van der Waals surface area contributed by atoms with Crippen molar-refractivity contribution in [3.63, 3.8) is 0 Å². The number of hydrogen-bond donors (Lipinski definition) is 1. The second-order valence-electron chi connectivity index (χ2n) is 4.66. The monoisotopic (exact) mass is 258 g/mol. The molecule has 0 saturated carbocycles. The maximum atomic E-state index is 12.3. The van der Waals surface area contributed by atoms with Gasteiger partial charge >= 0.3 is 0 Å². The van der Waals surface area contributed by atoms with Crippen molar-refractivity contribution in [1.29, 1.82) is 0 Å². The zero-order valence-corrected chi connectivity index (χ0v) is 11.4. The van der Waals surface area contributed by atoms with E-state index in [1.165, 1.54) is 0 Å². The molecule has 0 fully saturated rings. The molecule has 0 aliphatic carbocycles. The van der Waals surface area contributed by atoms with Crippen molar-refractivity contribution in [2.75, 3.05) is 13.7 Å². The molecule has 2 aromatic rings. The molecular weight excluding hydrogens is 240 g/mol. The van der Waals surface area contributed by atoms with E-state index in [1.54, 1.807) is 7.11 Å². The average molecular weight is 258 g/mol. The number of benzene rings is 1. The van der Waals surface area contributed by atoms with Gasteiger partial charge in [0, 0.05) is 24.2 Å². The second kappa shape index (κ2) is 5.80. The van der Waals surface area contributed by atoms with Crippen LogP contribution in [0.15, 0.2) is 30.3 Å². The summed E-state index contributed by atoms with van der Waals surface area (Å²) in [5, 5.41) is 3.80. The molecule has 0 spiro atoms. The predicted molar refractivity (Wildman–Crippen MR) is 75.3 cm³/mol. The first-order valence-electron chi connectivity index (χ1n) is 6.28. The Kier molecular flexibility index (Phi) is 4.12. The van der Waals surface area contributed by atoms with Crippen LogP contribution in [0.5, 0.6) is 0 Å². The van der Waals surface area contributed by atoms with Gasteiger partial charge in [-0.25, -0.2) is 0 Å². The molecule has 1 atom stereocenters. The van der Waals surface area contributed by atoms with E-state index in [-0.39, 0.29) is 11.9 Å². The van der Waals surface area contributed by atoms with Crippen LogP contribution in [0, 0.1) is 6.92 Å². The number of pyridine rings is 1. The van der Waals surface area contributed by atoms with E-state index < -0.39 is 0 Å². The number of ether oxygens (including phenoxy) is 1. The predicted octanol–water partition coefficient (Wildman–Crippen LogP) is 2.31. The Bertz CT molecular complexity index is 596. The first-order valence-corrected chi connectivity index (χ1v) is 6.28. The van der Waals surface area contributed by atoms with Crippen LogP contribution >= 0.6 is 0 Å². The van der Waals surface area contributed by atoms with Crippen LogP contribution in [-0.2, 0) is 4.74 Å². The normalized spacial score (nSPS) is 12.4. The quantitative estimate of drug-likeness (QED) is 0.915. The lowest BCUT2D eigenvalue weighted by atomic mass is 10.1.